The molecular formula is C23H33F3N5O3+. The van der Waals surface area contributed by atoms with Gasteiger partial charge in [-0.3, -0.25) is 16.0 Å². The third-order valence-corrected chi connectivity index (χ3v) is 5.94. The summed E-state index contributed by atoms with van der Waals surface area (Å²) < 4.78 is 53.4. The van der Waals surface area contributed by atoms with Gasteiger partial charge in [0.05, 0.1) is 24.8 Å². The number of guanidine groups is 1. The first-order chi connectivity index (χ1) is 16.2. The molecule has 0 radical (unpaired) electrons. The summed E-state index contributed by atoms with van der Waals surface area (Å²) >= 11 is 0. The van der Waals surface area contributed by atoms with E-state index >= 15 is 0 Å². The predicted octanol–water partition coefficient (Wildman–Crippen LogP) is 3.98. The summed E-state index contributed by atoms with van der Waals surface area (Å²) in [6, 6.07) is 2.92. The quantitative estimate of drug-likeness (QED) is 0.250. The predicted molar refractivity (Wildman–Crippen MR) is 120 cm³/mol. The Hall–Kier alpha value is -2.82. The van der Waals surface area contributed by atoms with Crippen molar-refractivity contribution in [1.82, 2.24) is 10.1 Å². The first-order valence-electron chi connectivity index (χ1n) is 11.7. The van der Waals surface area contributed by atoms with E-state index in [9.17, 15) is 18.3 Å². The largest absolute Gasteiger partial charge is 0.493 e. The van der Waals surface area contributed by atoms with E-state index in [1.807, 2.05) is 0 Å². The number of aromatic nitrogens is 2. The molecule has 2 atom stereocenters. The van der Waals surface area contributed by atoms with Crippen molar-refractivity contribution in [3.63, 3.8) is 0 Å². The summed E-state index contributed by atoms with van der Waals surface area (Å²) in [5.41, 5.74) is 10.5. The van der Waals surface area contributed by atoms with Crippen LogP contribution >= 0.6 is 0 Å². The van der Waals surface area contributed by atoms with Gasteiger partial charge in [-0.1, -0.05) is 50.6 Å². The van der Waals surface area contributed by atoms with Crippen molar-refractivity contribution in [1.29, 1.82) is 0 Å². The molecule has 0 aliphatic carbocycles. The Bertz CT molecular complexity index is 973. The van der Waals surface area contributed by atoms with Gasteiger partial charge in [0.15, 0.2) is 6.04 Å². The number of nitrogens with zero attached hydrogens (tertiary/aromatic N) is 3. The van der Waals surface area contributed by atoms with Gasteiger partial charge in [0, 0.05) is 12.0 Å². The Labute approximate surface area is 196 Å². The summed E-state index contributed by atoms with van der Waals surface area (Å²) in [5, 5.41) is 14.1. The van der Waals surface area contributed by atoms with Gasteiger partial charge in [0.1, 0.15) is 5.75 Å². The molecule has 188 valence electrons. The molecule has 0 spiro atoms. The highest BCUT2D eigenvalue weighted by atomic mass is 19.4. The highest BCUT2D eigenvalue weighted by Crippen LogP contribution is 2.39. The molecule has 11 heteroatoms. The summed E-state index contributed by atoms with van der Waals surface area (Å²) in [4.78, 5) is 4.20. The van der Waals surface area contributed by atoms with E-state index in [0.29, 0.717) is 19.4 Å². The number of hydrogen-bond donors (Lipinski definition) is 3. The molecule has 8 nitrogen and oxygen atoms in total. The third-order valence-electron chi connectivity index (χ3n) is 5.94. The fraction of sp³-hybridized carbons (Fsp3) is 0.609. The normalized spacial score (nSPS) is 18.4. The van der Waals surface area contributed by atoms with Crippen LogP contribution in [-0.2, 0) is 6.18 Å². The van der Waals surface area contributed by atoms with Crippen molar-refractivity contribution in [3.05, 3.63) is 29.7 Å². The monoisotopic (exact) mass is 484 g/mol. The van der Waals surface area contributed by atoms with Crippen LogP contribution in [-0.4, -0.2) is 45.0 Å². The first-order valence-corrected chi connectivity index (χ1v) is 11.7. The lowest BCUT2D eigenvalue weighted by Gasteiger charge is -2.15. The molecule has 1 aliphatic heterocycles. The lowest BCUT2D eigenvalue weighted by molar-refractivity contribution is -0.560. The second kappa shape index (κ2) is 11.5. The number of alkyl halides is 3. The van der Waals surface area contributed by atoms with Gasteiger partial charge in [-0.15, -0.1) is 0 Å². The molecule has 5 N–H and O–H groups in total. The Morgan fingerprint density at radius 2 is 1.88 bits per heavy atom. The molecule has 0 amide bonds. The number of unbranched alkanes of at least 4 members (excludes halogenated alkanes) is 6. The molecule has 0 saturated carbocycles. The number of nitrogens with two attached hydrogens (primary N) is 2. The standard InChI is InChI=1S/C23H32F3N5O3/c1-2-3-4-5-6-7-8-13-33-18-10-9-15(14-16(18)23(24,25)26)20-29-21(34-30-20)19-17(32)11-12-31(19)22(27)28/h9-10,14,17,19,32H,2-8,11-13H2,1H3,(H3,27,28)/p+1/t17-,19-/m0/s1. The number of aliphatic hydroxyl groups excluding tert-OH is 1. The number of rotatable bonds is 11. The van der Waals surface area contributed by atoms with Gasteiger partial charge in [-0.2, -0.15) is 18.2 Å². The Balaban J connectivity index is 1.70. The Kier molecular flexibility index (Phi) is 8.76. The summed E-state index contributed by atoms with van der Waals surface area (Å²) in [5.74, 6) is -0.244. The van der Waals surface area contributed by atoms with Crippen molar-refractivity contribution in [2.45, 2.75) is 76.6 Å². The van der Waals surface area contributed by atoms with Crippen LogP contribution in [0.5, 0.6) is 5.75 Å². The number of ether oxygens (including phenoxy) is 1. The second-order valence-electron chi connectivity index (χ2n) is 8.55. The molecular weight excluding hydrogens is 451 g/mol. The average molecular weight is 485 g/mol. The number of halogens is 3. The SMILES string of the molecule is CCCCCCCCCOc1ccc(-c2noc([C@@H]3[C@@H](O)CC[N+]3=C(N)N)n2)cc1C(F)(F)F. The van der Waals surface area contributed by atoms with E-state index in [1.165, 1.54) is 36.0 Å². The second-order valence-corrected chi connectivity index (χ2v) is 8.55. The lowest BCUT2D eigenvalue weighted by atomic mass is 10.1. The van der Waals surface area contributed by atoms with Crippen molar-refractivity contribution < 1.29 is 32.1 Å². The van der Waals surface area contributed by atoms with E-state index in [-0.39, 0.29) is 35.6 Å². The van der Waals surface area contributed by atoms with E-state index in [1.54, 1.807) is 0 Å². The maximum Gasteiger partial charge on any atom is 0.419 e. The Morgan fingerprint density at radius 1 is 1.18 bits per heavy atom. The van der Waals surface area contributed by atoms with Crippen LogP contribution in [0.2, 0.25) is 0 Å². The summed E-state index contributed by atoms with van der Waals surface area (Å²) in [7, 11) is 0. The van der Waals surface area contributed by atoms with E-state index in [0.717, 1.165) is 25.3 Å². The van der Waals surface area contributed by atoms with Gasteiger partial charge < -0.3 is 14.4 Å². The van der Waals surface area contributed by atoms with E-state index in [2.05, 4.69) is 17.1 Å². The van der Waals surface area contributed by atoms with Crippen LogP contribution in [0.15, 0.2) is 22.7 Å². The molecule has 1 aromatic heterocycles. The molecule has 34 heavy (non-hydrogen) atoms. The van der Waals surface area contributed by atoms with E-state index < -0.39 is 23.9 Å². The molecule has 2 aromatic rings. The van der Waals surface area contributed by atoms with Crippen molar-refractivity contribution in [2.75, 3.05) is 13.2 Å². The van der Waals surface area contributed by atoms with Crippen LogP contribution in [0.4, 0.5) is 13.2 Å². The average Bonchev–Trinajstić information content (AvgIpc) is 3.41. The Morgan fingerprint density at radius 3 is 2.56 bits per heavy atom. The minimum Gasteiger partial charge on any atom is -0.493 e. The zero-order valence-corrected chi connectivity index (χ0v) is 19.4. The lowest BCUT2D eigenvalue weighted by Crippen LogP contribution is -2.37. The molecule has 1 saturated heterocycles. The van der Waals surface area contributed by atoms with E-state index in [4.69, 9.17) is 20.7 Å². The molecule has 3 rings (SSSR count). The van der Waals surface area contributed by atoms with Gasteiger partial charge in [-0.25, -0.2) is 0 Å². The summed E-state index contributed by atoms with van der Waals surface area (Å²) in [6.07, 6.45) is 2.30. The van der Waals surface area contributed by atoms with Crippen molar-refractivity contribution >= 4 is 5.96 Å². The molecule has 0 bridgehead atoms. The smallest absolute Gasteiger partial charge is 0.419 e. The van der Waals surface area contributed by atoms with Crippen LogP contribution in [0.25, 0.3) is 11.4 Å². The first kappa shape index (κ1) is 25.8. The topological polar surface area (TPSA) is 123 Å². The van der Waals surface area contributed by atoms with Crippen LogP contribution in [0.3, 0.4) is 0 Å². The number of benzene rings is 1. The van der Waals surface area contributed by atoms with Gasteiger partial charge in [0.2, 0.25) is 5.82 Å². The fourth-order valence-electron chi connectivity index (χ4n) is 4.09. The number of hydrogen-bond acceptors (Lipinski definition) is 5. The molecule has 2 heterocycles. The minimum atomic E-state index is -4.61. The highest BCUT2D eigenvalue weighted by molar-refractivity contribution is 5.70. The van der Waals surface area contributed by atoms with Gasteiger partial charge >= 0.3 is 12.1 Å². The number of aliphatic hydroxyl groups is 1. The molecule has 0 unspecified atom stereocenters. The zero-order valence-electron chi connectivity index (χ0n) is 19.4. The fourth-order valence-corrected chi connectivity index (χ4v) is 4.09. The van der Waals surface area contributed by atoms with Gasteiger partial charge in [-0.05, 0) is 24.6 Å². The van der Waals surface area contributed by atoms with Gasteiger partial charge in [0.25, 0.3) is 5.89 Å². The van der Waals surface area contributed by atoms with Crippen LogP contribution < -0.4 is 16.2 Å². The third kappa shape index (κ3) is 6.40. The van der Waals surface area contributed by atoms with Crippen LogP contribution in [0, 0.1) is 0 Å². The summed E-state index contributed by atoms with van der Waals surface area (Å²) in [6.45, 7) is 2.77. The maximum absolute atomic E-state index is 13.7. The molecule has 1 fully saturated rings. The van der Waals surface area contributed by atoms with Crippen molar-refractivity contribution in [2.24, 2.45) is 11.5 Å². The highest BCUT2D eigenvalue weighted by Gasteiger charge is 2.40. The molecule has 1 aromatic carbocycles. The molecule has 1 aliphatic rings. The minimum absolute atomic E-state index is 0.0110. The van der Waals surface area contributed by atoms with Crippen LogP contribution in [0.1, 0.15) is 75.8 Å². The zero-order chi connectivity index (χ0) is 24.7. The van der Waals surface area contributed by atoms with Crippen molar-refractivity contribution in [3.8, 4) is 17.1 Å². The maximum atomic E-state index is 13.7.